The van der Waals surface area contributed by atoms with Crippen LogP contribution >= 0.6 is 0 Å². The van der Waals surface area contributed by atoms with Crippen molar-refractivity contribution in [2.75, 3.05) is 13.2 Å². The van der Waals surface area contributed by atoms with E-state index < -0.39 is 0 Å². The zero-order valence-electron chi connectivity index (χ0n) is 11.4. The molecule has 0 amide bonds. The van der Waals surface area contributed by atoms with Crippen LogP contribution in [-0.2, 0) is 11.2 Å². The Morgan fingerprint density at radius 3 is 2.78 bits per heavy atom. The fourth-order valence-electron chi connectivity index (χ4n) is 2.42. The predicted molar refractivity (Wildman–Crippen MR) is 74.6 cm³/mol. The molecule has 3 atom stereocenters. The molecule has 0 bridgehead atoms. The third kappa shape index (κ3) is 3.31. The van der Waals surface area contributed by atoms with Gasteiger partial charge in [0.2, 0.25) is 0 Å². The number of rotatable bonds is 5. The van der Waals surface area contributed by atoms with Gasteiger partial charge >= 0.3 is 0 Å². The number of benzene rings is 1. The first kappa shape index (κ1) is 13.5. The SMILES string of the molecule is CC1OCCC1(C)NCC(N)Cc1ccccc1. The molecule has 1 aromatic carbocycles. The molecule has 1 fully saturated rings. The second-order valence-electron chi connectivity index (χ2n) is 5.51. The summed E-state index contributed by atoms with van der Waals surface area (Å²) in [6.07, 6.45) is 2.24. The number of nitrogens with one attached hydrogen (secondary N) is 1. The zero-order chi connectivity index (χ0) is 13.0. The Hall–Kier alpha value is -0.900. The van der Waals surface area contributed by atoms with Crippen molar-refractivity contribution >= 4 is 0 Å². The monoisotopic (exact) mass is 248 g/mol. The van der Waals surface area contributed by atoms with Gasteiger partial charge in [-0.25, -0.2) is 0 Å². The van der Waals surface area contributed by atoms with Gasteiger partial charge in [0.1, 0.15) is 0 Å². The molecule has 0 aliphatic carbocycles. The molecule has 0 radical (unpaired) electrons. The Morgan fingerprint density at radius 1 is 1.44 bits per heavy atom. The van der Waals surface area contributed by atoms with Crippen molar-refractivity contribution in [3.05, 3.63) is 35.9 Å². The van der Waals surface area contributed by atoms with E-state index in [1.165, 1.54) is 5.56 Å². The first-order chi connectivity index (χ1) is 8.60. The maximum atomic E-state index is 6.18. The van der Waals surface area contributed by atoms with Crippen LogP contribution in [0.2, 0.25) is 0 Å². The van der Waals surface area contributed by atoms with Crippen LogP contribution in [0, 0.1) is 0 Å². The van der Waals surface area contributed by atoms with Crippen molar-refractivity contribution < 1.29 is 4.74 Å². The van der Waals surface area contributed by atoms with Gasteiger partial charge in [-0.15, -0.1) is 0 Å². The van der Waals surface area contributed by atoms with Gasteiger partial charge in [-0.05, 0) is 32.3 Å². The first-order valence-corrected chi connectivity index (χ1v) is 6.76. The molecule has 1 aliphatic heterocycles. The fraction of sp³-hybridized carbons (Fsp3) is 0.600. The summed E-state index contributed by atoms with van der Waals surface area (Å²) in [7, 11) is 0. The van der Waals surface area contributed by atoms with E-state index in [4.69, 9.17) is 10.5 Å². The van der Waals surface area contributed by atoms with Crippen LogP contribution in [0.3, 0.4) is 0 Å². The van der Waals surface area contributed by atoms with E-state index in [1.807, 2.05) is 6.07 Å². The van der Waals surface area contributed by atoms with Crippen molar-refractivity contribution in [3.8, 4) is 0 Å². The molecule has 2 rings (SSSR count). The standard InChI is InChI=1S/C15H24N2O/c1-12-15(2,8-9-18-12)17-11-14(16)10-13-6-4-3-5-7-13/h3-7,12,14,17H,8-11,16H2,1-2H3. The van der Waals surface area contributed by atoms with E-state index in [0.717, 1.165) is 26.0 Å². The van der Waals surface area contributed by atoms with Crippen molar-refractivity contribution in [2.24, 2.45) is 5.73 Å². The average molecular weight is 248 g/mol. The molecule has 3 nitrogen and oxygen atoms in total. The lowest BCUT2D eigenvalue weighted by atomic mass is 9.94. The van der Waals surface area contributed by atoms with Crippen LogP contribution in [0.5, 0.6) is 0 Å². The predicted octanol–water partition coefficient (Wildman–Crippen LogP) is 1.71. The lowest BCUT2D eigenvalue weighted by Crippen LogP contribution is -2.52. The Kier molecular flexibility index (Phi) is 4.38. The zero-order valence-corrected chi connectivity index (χ0v) is 11.4. The summed E-state index contributed by atoms with van der Waals surface area (Å²) in [4.78, 5) is 0. The fourth-order valence-corrected chi connectivity index (χ4v) is 2.42. The Bertz CT molecular complexity index is 368. The van der Waals surface area contributed by atoms with Gasteiger partial charge in [-0.3, -0.25) is 0 Å². The van der Waals surface area contributed by atoms with Gasteiger partial charge in [0.25, 0.3) is 0 Å². The first-order valence-electron chi connectivity index (χ1n) is 6.76. The van der Waals surface area contributed by atoms with Gasteiger partial charge in [0.15, 0.2) is 0 Å². The van der Waals surface area contributed by atoms with Crippen molar-refractivity contribution in [1.82, 2.24) is 5.32 Å². The highest BCUT2D eigenvalue weighted by molar-refractivity contribution is 5.15. The summed E-state index contributed by atoms with van der Waals surface area (Å²) in [5.74, 6) is 0. The second-order valence-corrected chi connectivity index (χ2v) is 5.51. The molecule has 1 aliphatic rings. The minimum Gasteiger partial charge on any atom is -0.377 e. The lowest BCUT2D eigenvalue weighted by molar-refractivity contribution is 0.0882. The summed E-state index contributed by atoms with van der Waals surface area (Å²) < 4.78 is 5.62. The molecule has 18 heavy (non-hydrogen) atoms. The smallest absolute Gasteiger partial charge is 0.0726 e. The highest BCUT2D eigenvalue weighted by Gasteiger charge is 2.36. The van der Waals surface area contributed by atoms with Crippen LogP contribution < -0.4 is 11.1 Å². The van der Waals surface area contributed by atoms with Gasteiger partial charge in [-0.2, -0.15) is 0 Å². The molecule has 0 aromatic heterocycles. The van der Waals surface area contributed by atoms with Crippen molar-refractivity contribution in [1.29, 1.82) is 0 Å². The van der Waals surface area contributed by atoms with Gasteiger partial charge in [-0.1, -0.05) is 30.3 Å². The van der Waals surface area contributed by atoms with E-state index in [0.29, 0.717) is 0 Å². The molecule has 1 aromatic rings. The minimum atomic E-state index is 0.0777. The van der Waals surface area contributed by atoms with Crippen molar-refractivity contribution in [2.45, 2.75) is 44.4 Å². The van der Waals surface area contributed by atoms with E-state index in [2.05, 4.69) is 43.4 Å². The summed E-state index contributed by atoms with van der Waals surface area (Å²) >= 11 is 0. The summed E-state index contributed by atoms with van der Waals surface area (Å²) in [5, 5.41) is 3.58. The number of nitrogens with two attached hydrogens (primary N) is 1. The number of ether oxygens (including phenoxy) is 1. The molecule has 3 unspecified atom stereocenters. The van der Waals surface area contributed by atoms with Crippen LogP contribution in [-0.4, -0.2) is 30.8 Å². The van der Waals surface area contributed by atoms with E-state index in [1.54, 1.807) is 0 Å². The topological polar surface area (TPSA) is 47.3 Å². The maximum Gasteiger partial charge on any atom is 0.0726 e. The van der Waals surface area contributed by atoms with Crippen molar-refractivity contribution in [3.63, 3.8) is 0 Å². The molecular formula is C15H24N2O. The summed E-state index contributed by atoms with van der Waals surface area (Å²) in [6, 6.07) is 10.6. The Labute approximate surface area is 110 Å². The largest absolute Gasteiger partial charge is 0.377 e. The maximum absolute atomic E-state index is 6.18. The molecule has 3 N–H and O–H groups in total. The quantitative estimate of drug-likeness (QED) is 0.834. The molecular weight excluding hydrogens is 224 g/mol. The van der Waals surface area contributed by atoms with Crippen LogP contribution in [0.1, 0.15) is 25.8 Å². The summed E-state index contributed by atoms with van der Waals surface area (Å²) in [5.41, 5.74) is 7.56. The minimum absolute atomic E-state index is 0.0777. The van der Waals surface area contributed by atoms with Gasteiger partial charge in [0, 0.05) is 24.7 Å². The van der Waals surface area contributed by atoms with E-state index in [-0.39, 0.29) is 17.7 Å². The lowest BCUT2D eigenvalue weighted by Gasteiger charge is -2.30. The molecule has 0 saturated carbocycles. The Balaban J connectivity index is 1.80. The van der Waals surface area contributed by atoms with Gasteiger partial charge in [0.05, 0.1) is 6.10 Å². The van der Waals surface area contributed by atoms with Crippen LogP contribution in [0.15, 0.2) is 30.3 Å². The normalized spacial score (nSPS) is 29.4. The molecule has 1 heterocycles. The Morgan fingerprint density at radius 2 is 2.17 bits per heavy atom. The van der Waals surface area contributed by atoms with Gasteiger partial charge < -0.3 is 15.8 Å². The number of hydrogen-bond donors (Lipinski definition) is 2. The van der Waals surface area contributed by atoms with Crippen LogP contribution in [0.25, 0.3) is 0 Å². The highest BCUT2D eigenvalue weighted by atomic mass is 16.5. The highest BCUT2D eigenvalue weighted by Crippen LogP contribution is 2.24. The molecule has 0 spiro atoms. The number of hydrogen-bond acceptors (Lipinski definition) is 3. The second kappa shape index (κ2) is 5.83. The third-order valence-corrected chi connectivity index (χ3v) is 4.00. The average Bonchev–Trinajstić information content (AvgIpc) is 2.69. The summed E-state index contributed by atoms with van der Waals surface area (Å²) in [6.45, 7) is 6.03. The molecule has 100 valence electrons. The molecule has 3 heteroatoms. The molecule has 1 saturated heterocycles. The third-order valence-electron chi connectivity index (χ3n) is 4.00. The van der Waals surface area contributed by atoms with E-state index >= 15 is 0 Å². The van der Waals surface area contributed by atoms with E-state index in [9.17, 15) is 0 Å². The van der Waals surface area contributed by atoms with Crippen LogP contribution in [0.4, 0.5) is 0 Å².